The van der Waals surface area contributed by atoms with E-state index in [9.17, 15) is 0 Å². The highest BCUT2D eigenvalue weighted by Crippen LogP contribution is 2.36. The molecule has 0 aromatic carbocycles. The highest BCUT2D eigenvalue weighted by molar-refractivity contribution is 6.61. The minimum atomic E-state index is -0.457. The van der Waals surface area contributed by atoms with Crippen molar-refractivity contribution in [2.24, 2.45) is 0 Å². The lowest BCUT2D eigenvalue weighted by molar-refractivity contribution is 0.00578. The van der Waals surface area contributed by atoms with Gasteiger partial charge in [-0.3, -0.25) is 0 Å². The van der Waals surface area contributed by atoms with Crippen molar-refractivity contribution in [1.29, 1.82) is 0 Å². The summed E-state index contributed by atoms with van der Waals surface area (Å²) in [5.41, 5.74) is 6.49. The average molecular weight is 260 g/mol. The van der Waals surface area contributed by atoms with Crippen molar-refractivity contribution in [2.45, 2.75) is 38.9 Å². The van der Waals surface area contributed by atoms with Crippen LogP contribution in [-0.4, -0.2) is 32.7 Å². The van der Waals surface area contributed by atoms with Gasteiger partial charge in [-0.05, 0) is 27.7 Å². The molecule has 6 nitrogen and oxygen atoms in total. The number of nitrogens with zero attached hydrogens (tertiary/aromatic N) is 3. The summed E-state index contributed by atoms with van der Waals surface area (Å²) in [6, 6.07) is 0. The number of hydrogen-bond acceptors (Lipinski definition) is 5. The average Bonchev–Trinajstić information content (AvgIpc) is 2.80. The lowest BCUT2D eigenvalue weighted by atomic mass is 9.85. The van der Waals surface area contributed by atoms with Crippen molar-refractivity contribution in [2.75, 3.05) is 5.73 Å². The van der Waals surface area contributed by atoms with Gasteiger partial charge in [0, 0.05) is 18.6 Å². The van der Waals surface area contributed by atoms with Gasteiger partial charge in [-0.2, -0.15) is 0 Å². The molecule has 2 N–H and O–H groups in total. The first-order valence-electron chi connectivity index (χ1n) is 6.25. The molecule has 0 radical (unpaired) electrons. The lowest BCUT2D eigenvalue weighted by Crippen LogP contribution is -2.41. The Balaban J connectivity index is 2.06. The van der Waals surface area contributed by atoms with Crippen molar-refractivity contribution >= 4 is 24.2 Å². The largest absolute Gasteiger partial charge is 0.514 e. The predicted molar refractivity (Wildman–Crippen MR) is 73.1 cm³/mol. The van der Waals surface area contributed by atoms with Gasteiger partial charge in [0.2, 0.25) is 0 Å². The van der Waals surface area contributed by atoms with E-state index in [1.807, 2.05) is 32.1 Å². The van der Waals surface area contributed by atoms with E-state index < -0.39 is 7.12 Å². The summed E-state index contributed by atoms with van der Waals surface area (Å²) >= 11 is 0. The molecule has 3 rings (SSSR count). The van der Waals surface area contributed by atoms with Gasteiger partial charge in [0.25, 0.3) is 0 Å². The molecule has 0 amide bonds. The maximum atomic E-state index is 6.01. The Hall–Kier alpha value is -1.60. The van der Waals surface area contributed by atoms with E-state index >= 15 is 0 Å². The number of anilines is 1. The minimum Gasteiger partial charge on any atom is -0.398 e. The molecule has 0 spiro atoms. The molecule has 1 aliphatic rings. The molecule has 0 aliphatic carbocycles. The van der Waals surface area contributed by atoms with Gasteiger partial charge in [-0.15, -0.1) is 0 Å². The van der Waals surface area contributed by atoms with E-state index in [4.69, 9.17) is 15.0 Å². The van der Waals surface area contributed by atoms with E-state index in [1.165, 1.54) is 0 Å². The quantitative estimate of drug-likeness (QED) is 0.760. The molecule has 0 unspecified atom stereocenters. The zero-order chi connectivity index (χ0) is 13.8. The number of aromatic nitrogens is 3. The number of nitrogen functional groups attached to an aromatic ring is 1. The van der Waals surface area contributed by atoms with Crippen molar-refractivity contribution in [3.05, 3.63) is 18.6 Å². The topological polar surface area (TPSA) is 74.7 Å². The second-order valence-corrected chi connectivity index (χ2v) is 5.78. The molecule has 0 saturated carbocycles. The van der Waals surface area contributed by atoms with Crippen molar-refractivity contribution in [3.8, 4) is 0 Å². The minimum absolute atomic E-state index is 0.375. The van der Waals surface area contributed by atoms with Crippen molar-refractivity contribution in [3.63, 3.8) is 0 Å². The number of imidazole rings is 1. The van der Waals surface area contributed by atoms with Gasteiger partial charge in [-0.1, -0.05) is 0 Å². The van der Waals surface area contributed by atoms with Gasteiger partial charge in [0.05, 0.1) is 16.8 Å². The third kappa shape index (κ3) is 1.73. The second-order valence-electron chi connectivity index (χ2n) is 5.78. The number of fused-ring (bicyclic) bond motifs is 1. The fourth-order valence-electron chi connectivity index (χ4n) is 2.10. The third-order valence-electron chi connectivity index (χ3n) is 3.98. The van der Waals surface area contributed by atoms with Crippen LogP contribution in [0.3, 0.4) is 0 Å². The molecule has 1 saturated heterocycles. The molecule has 0 atom stereocenters. The lowest BCUT2D eigenvalue weighted by Gasteiger charge is -2.32. The fraction of sp³-hybridized carbons (Fsp3) is 0.500. The van der Waals surface area contributed by atoms with Crippen molar-refractivity contribution in [1.82, 2.24) is 14.4 Å². The molecule has 1 aliphatic heterocycles. The molecular formula is C12H17BN4O2. The number of rotatable bonds is 1. The second kappa shape index (κ2) is 3.71. The molecule has 19 heavy (non-hydrogen) atoms. The van der Waals surface area contributed by atoms with Crippen LogP contribution < -0.4 is 11.3 Å². The smallest absolute Gasteiger partial charge is 0.398 e. The van der Waals surface area contributed by atoms with Crippen LogP contribution in [-0.2, 0) is 9.31 Å². The van der Waals surface area contributed by atoms with Gasteiger partial charge < -0.3 is 19.4 Å². The first-order chi connectivity index (χ1) is 8.82. The Morgan fingerprint density at radius 1 is 1.16 bits per heavy atom. The molecule has 7 heteroatoms. The standard InChI is InChI=1S/C12H17BN4O2/c1-11(2)12(3,4)19-13(18-11)8-7-16-10-9(14)15-5-6-17(8)10/h5-7H,1-4H3,(H2,14,15). The zero-order valence-electron chi connectivity index (χ0n) is 11.5. The number of hydrogen-bond donors (Lipinski definition) is 1. The Labute approximate surface area is 112 Å². The Morgan fingerprint density at radius 2 is 1.79 bits per heavy atom. The van der Waals surface area contributed by atoms with E-state index in [0.29, 0.717) is 11.5 Å². The van der Waals surface area contributed by atoms with Crippen LogP contribution in [0.25, 0.3) is 5.65 Å². The Kier molecular flexibility index (Phi) is 2.43. The summed E-state index contributed by atoms with van der Waals surface area (Å²) in [6.45, 7) is 8.08. The molecular weight excluding hydrogens is 243 g/mol. The van der Waals surface area contributed by atoms with Crippen molar-refractivity contribution < 1.29 is 9.31 Å². The zero-order valence-corrected chi connectivity index (χ0v) is 11.5. The summed E-state index contributed by atoms with van der Waals surface area (Å²) in [4.78, 5) is 8.29. The number of nitrogens with two attached hydrogens (primary N) is 1. The third-order valence-corrected chi connectivity index (χ3v) is 3.98. The molecule has 100 valence electrons. The molecule has 2 aromatic rings. The van der Waals surface area contributed by atoms with E-state index in [0.717, 1.165) is 5.59 Å². The molecule has 0 bridgehead atoms. The van der Waals surface area contributed by atoms with E-state index in [1.54, 1.807) is 18.6 Å². The van der Waals surface area contributed by atoms with E-state index in [-0.39, 0.29) is 11.2 Å². The van der Waals surface area contributed by atoms with Gasteiger partial charge in [0.15, 0.2) is 11.5 Å². The molecule has 3 heterocycles. The summed E-state index contributed by atoms with van der Waals surface area (Å²) < 4.78 is 13.9. The first-order valence-corrected chi connectivity index (χ1v) is 6.25. The monoisotopic (exact) mass is 260 g/mol. The van der Waals surface area contributed by atoms with Crippen LogP contribution in [0.4, 0.5) is 5.82 Å². The van der Waals surface area contributed by atoms with Crippen LogP contribution in [0.1, 0.15) is 27.7 Å². The van der Waals surface area contributed by atoms with Crippen LogP contribution in [0.15, 0.2) is 18.6 Å². The summed E-state index contributed by atoms with van der Waals surface area (Å²) in [6.07, 6.45) is 5.16. The van der Waals surface area contributed by atoms with E-state index in [2.05, 4.69) is 9.97 Å². The highest BCUT2D eigenvalue weighted by Gasteiger charge is 2.52. The predicted octanol–water partition coefficient (Wildman–Crippen LogP) is 0.611. The maximum Gasteiger partial charge on any atom is 0.514 e. The fourth-order valence-corrected chi connectivity index (χ4v) is 2.10. The van der Waals surface area contributed by atoms with Gasteiger partial charge in [-0.25, -0.2) is 9.97 Å². The molecule has 2 aromatic heterocycles. The van der Waals surface area contributed by atoms with Gasteiger partial charge in [0.1, 0.15) is 0 Å². The van der Waals surface area contributed by atoms with Crippen LogP contribution in [0.2, 0.25) is 0 Å². The maximum absolute atomic E-state index is 6.01. The summed E-state index contributed by atoms with van der Waals surface area (Å²) in [5, 5.41) is 0. The normalized spacial score (nSPS) is 21.2. The summed E-state index contributed by atoms with van der Waals surface area (Å²) in [5.74, 6) is 0.394. The Morgan fingerprint density at radius 3 is 2.42 bits per heavy atom. The van der Waals surface area contributed by atoms with Gasteiger partial charge >= 0.3 is 7.12 Å². The SMILES string of the molecule is CC1(C)OB(c2cnc3c(N)nccn23)OC1(C)C. The Bertz CT molecular complexity index is 622. The molecule has 1 fully saturated rings. The van der Waals surface area contributed by atoms with Crippen LogP contribution in [0, 0.1) is 0 Å². The first kappa shape index (κ1) is 12.4. The summed E-state index contributed by atoms with van der Waals surface area (Å²) in [7, 11) is -0.457. The highest BCUT2D eigenvalue weighted by atomic mass is 16.7. The van der Waals surface area contributed by atoms with Crippen LogP contribution >= 0.6 is 0 Å². The van der Waals surface area contributed by atoms with Crippen LogP contribution in [0.5, 0.6) is 0 Å².